The van der Waals surface area contributed by atoms with E-state index in [9.17, 15) is 4.79 Å². The first-order valence-electron chi connectivity index (χ1n) is 4.18. The van der Waals surface area contributed by atoms with Gasteiger partial charge in [0.15, 0.2) is 0 Å². The van der Waals surface area contributed by atoms with Crippen molar-refractivity contribution in [1.82, 2.24) is 5.06 Å². The number of nitrogens with zero attached hydrogens (tertiary/aromatic N) is 1. The first kappa shape index (κ1) is 11.2. The van der Waals surface area contributed by atoms with Crippen LogP contribution in [-0.4, -0.2) is 24.1 Å². The molecule has 0 bridgehead atoms. The topological polar surface area (TPSA) is 29.5 Å². The van der Waals surface area contributed by atoms with Gasteiger partial charge in [-0.05, 0) is 18.9 Å². The van der Waals surface area contributed by atoms with Gasteiger partial charge in [-0.25, -0.2) is 5.06 Å². The van der Waals surface area contributed by atoms with Crippen LogP contribution in [0.15, 0.2) is 12.7 Å². The highest BCUT2D eigenvalue weighted by Crippen LogP contribution is 1.98. The number of hydroxylamine groups is 2. The second-order valence-electron chi connectivity index (χ2n) is 2.93. The minimum atomic E-state index is -0.182. The van der Waals surface area contributed by atoms with Crippen LogP contribution in [0.5, 0.6) is 0 Å². The zero-order valence-corrected chi connectivity index (χ0v) is 8.04. The average molecular weight is 171 g/mol. The van der Waals surface area contributed by atoms with E-state index in [-0.39, 0.29) is 5.91 Å². The molecule has 0 heterocycles. The SMILES string of the molecule is C=CC(=O)N(CC)OCC(C)C. The van der Waals surface area contributed by atoms with Crippen molar-refractivity contribution < 1.29 is 9.63 Å². The molecule has 0 aromatic carbocycles. The molecule has 0 saturated carbocycles. The van der Waals surface area contributed by atoms with E-state index >= 15 is 0 Å². The third kappa shape index (κ3) is 4.13. The fraction of sp³-hybridized carbons (Fsp3) is 0.667. The third-order valence-electron chi connectivity index (χ3n) is 1.27. The minimum Gasteiger partial charge on any atom is -0.270 e. The van der Waals surface area contributed by atoms with Crippen LogP contribution in [0.2, 0.25) is 0 Å². The first-order valence-corrected chi connectivity index (χ1v) is 4.18. The lowest BCUT2D eigenvalue weighted by Gasteiger charge is -2.19. The van der Waals surface area contributed by atoms with Gasteiger partial charge in [-0.3, -0.25) is 9.63 Å². The molecule has 0 N–H and O–H groups in total. The summed E-state index contributed by atoms with van der Waals surface area (Å²) in [6, 6.07) is 0. The number of hydrogen-bond acceptors (Lipinski definition) is 2. The van der Waals surface area contributed by atoms with E-state index in [1.165, 1.54) is 11.1 Å². The average Bonchev–Trinajstić information content (AvgIpc) is 2.04. The molecule has 12 heavy (non-hydrogen) atoms. The monoisotopic (exact) mass is 171 g/mol. The second kappa shape index (κ2) is 5.77. The van der Waals surface area contributed by atoms with E-state index in [0.717, 1.165) is 0 Å². The summed E-state index contributed by atoms with van der Waals surface area (Å²) in [7, 11) is 0. The fourth-order valence-corrected chi connectivity index (χ4v) is 0.652. The van der Waals surface area contributed by atoms with Crippen molar-refractivity contribution in [3.8, 4) is 0 Å². The molecule has 0 unspecified atom stereocenters. The maximum atomic E-state index is 11.0. The Hall–Kier alpha value is -0.830. The highest BCUT2D eigenvalue weighted by molar-refractivity contribution is 5.86. The van der Waals surface area contributed by atoms with Gasteiger partial charge in [-0.1, -0.05) is 20.4 Å². The van der Waals surface area contributed by atoms with Gasteiger partial charge in [0.05, 0.1) is 6.61 Å². The molecule has 0 spiro atoms. The molecule has 70 valence electrons. The molecule has 3 heteroatoms. The standard InChI is InChI=1S/C9H17NO2/c1-5-9(11)10(6-2)12-7-8(3)4/h5,8H,1,6-7H2,2-4H3. The number of rotatable bonds is 5. The molecule has 0 rings (SSSR count). The number of amides is 1. The van der Waals surface area contributed by atoms with E-state index in [2.05, 4.69) is 6.58 Å². The fourth-order valence-electron chi connectivity index (χ4n) is 0.652. The molecule has 0 aromatic heterocycles. The maximum absolute atomic E-state index is 11.0. The predicted molar refractivity (Wildman–Crippen MR) is 48.4 cm³/mol. The molecule has 0 aliphatic heterocycles. The van der Waals surface area contributed by atoms with E-state index < -0.39 is 0 Å². The van der Waals surface area contributed by atoms with Crippen molar-refractivity contribution in [1.29, 1.82) is 0 Å². The van der Waals surface area contributed by atoms with Gasteiger partial charge in [0.25, 0.3) is 5.91 Å². The third-order valence-corrected chi connectivity index (χ3v) is 1.27. The zero-order chi connectivity index (χ0) is 9.56. The molecule has 0 aliphatic rings. The van der Waals surface area contributed by atoms with Gasteiger partial charge < -0.3 is 0 Å². The summed E-state index contributed by atoms with van der Waals surface area (Å²) in [5, 5.41) is 1.31. The lowest BCUT2D eigenvalue weighted by molar-refractivity contribution is -0.183. The second-order valence-corrected chi connectivity index (χ2v) is 2.93. The van der Waals surface area contributed by atoms with E-state index in [1.807, 2.05) is 20.8 Å². The van der Waals surface area contributed by atoms with Gasteiger partial charge in [-0.15, -0.1) is 0 Å². The van der Waals surface area contributed by atoms with Gasteiger partial charge in [0.1, 0.15) is 0 Å². The van der Waals surface area contributed by atoms with Crippen LogP contribution in [-0.2, 0) is 9.63 Å². The molecule has 1 amide bonds. The van der Waals surface area contributed by atoms with Crippen LogP contribution in [0.1, 0.15) is 20.8 Å². The molecule has 3 nitrogen and oxygen atoms in total. The van der Waals surface area contributed by atoms with Crippen LogP contribution in [0.4, 0.5) is 0 Å². The summed E-state index contributed by atoms with van der Waals surface area (Å²) in [4.78, 5) is 16.3. The van der Waals surface area contributed by atoms with Crippen molar-refractivity contribution in [3.05, 3.63) is 12.7 Å². The Balaban J connectivity index is 3.83. The molecular weight excluding hydrogens is 154 g/mol. The van der Waals surface area contributed by atoms with Crippen LogP contribution < -0.4 is 0 Å². The highest BCUT2D eigenvalue weighted by atomic mass is 16.7. The minimum absolute atomic E-state index is 0.182. The van der Waals surface area contributed by atoms with Gasteiger partial charge >= 0.3 is 0 Å². The molecule has 0 radical (unpaired) electrons. The van der Waals surface area contributed by atoms with Crippen molar-refractivity contribution >= 4 is 5.91 Å². The lowest BCUT2D eigenvalue weighted by Crippen LogP contribution is -2.30. The van der Waals surface area contributed by atoms with Crippen LogP contribution in [0.3, 0.4) is 0 Å². The first-order chi connectivity index (χ1) is 5.61. The number of likely N-dealkylation sites (N-methyl/N-ethyl adjacent to an activating group) is 1. The van der Waals surface area contributed by atoms with Crippen LogP contribution >= 0.6 is 0 Å². The number of carbonyl (C=O) groups excluding carboxylic acids is 1. The quantitative estimate of drug-likeness (QED) is 0.464. The summed E-state index contributed by atoms with van der Waals surface area (Å²) < 4.78 is 0. The Morgan fingerprint density at radius 1 is 1.67 bits per heavy atom. The molecular formula is C9H17NO2. The summed E-state index contributed by atoms with van der Waals surface area (Å²) >= 11 is 0. The van der Waals surface area contributed by atoms with Gasteiger partial charge in [0.2, 0.25) is 0 Å². The van der Waals surface area contributed by atoms with Gasteiger partial charge in [0, 0.05) is 6.54 Å². The largest absolute Gasteiger partial charge is 0.270 e. The zero-order valence-electron chi connectivity index (χ0n) is 8.04. The normalized spacial score (nSPS) is 10.0. The molecule has 0 aromatic rings. The van der Waals surface area contributed by atoms with E-state index in [1.54, 1.807) is 0 Å². The maximum Gasteiger partial charge on any atom is 0.269 e. The lowest BCUT2D eigenvalue weighted by atomic mass is 10.2. The molecule has 0 aliphatic carbocycles. The van der Waals surface area contributed by atoms with Gasteiger partial charge in [-0.2, -0.15) is 0 Å². The molecule has 0 fully saturated rings. The summed E-state index contributed by atoms with van der Waals surface area (Å²) in [5.41, 5.74) is 0. The van der Waals surface area contributed by atoms with Crippen LogP contribution in [0.25, 0.3) is 0 Å². The Morgan fingerprint density at radius 3 is 2.58 bits per heavy atom. The number of carbonyl (C=O) groups is 1. The Labute approximate surface area is 74.0 Å². The van der Waals surface area contributed by atoms with Crippen molar-refractivity contribution in [2.45, 2.75) is 20.8 Å². The predicted octanol–water partition coefficient (Wildman–Crippen LogP) is 1.61. The summed E-state index contributed by atoms with van der Waals surface area (Å²) in [6.45, 7) is 10.4. The van der Waals surface area contributed by atoms with E-state index in [0.29, 0.717) is 19.1 Å². The van der Waals surface area contributed by atoms with Crippen molar-refractivity contribution in [2.75, 3.05) is 13.2 Å². The van der Waals surface area contributed by atoms with Crippen LogP contribution in [0, 0.1) is 5.92 Å². The summed E-state index contributed by atoms with van der Waals surface area (Å²) in [5.74, 6) is 0.245. The molecule has 0 saturated heterocycles. The van der Waals surface area contributed by atoms with E-state index in [4.69, 9.17) is 4.84 Å². The number of hydrogen-bond donors (Lipinski definition) is 0. The Bertz CT molecular complexity index is 155. The smallest absolute Gasteiger partial charge is 0.269 e. The Kier molecular flexibility index (Phi) is 5.37. The highest BCUT2D eigenvalue weighted by Gasteiger charge is 2.08. The summed E-state index contributed by atoms with van der Waals surface area (Å²) in [6.07, 6.45) is 1.25. The molecule has 0 atom stereocenters. The van der Waals surface area contributed by atoms with Crippen molar-refractivity contribution in [2.24, 2.45) is 5.92 Å². The Morgan fingerprint density at radius 2 is 2.25 bits per heavy atom. The van der Waals surface area contributed by atoms with Crippen molar-refractivity contribution in [3.63, 3.8) is 0 Å².